The minimum absolute atomic E-state index is 0.127. The Balaban J connectivity index is 2.05. The van der Waals surface area contributed by atoms with Crippen LogP contribution in [0.25, 0.3) is 5.69 Å². The van der Waals surface area contributed by atoms with Gasteiger partial charge in [0.25, 0.3) is 0 Å². The minimum atomic E-state index is -4.26. The molecule has 0 amide bonds. The topological polar surface area (TPSA) is 41.3 Å². The third-order valence-electron chi connectivity index (χ3n) is 3.10. The maximum atomic E-state index is 12.6. The highest BCUT2D eigenvalue weighted by molar-refractivity contribution is 5.30. The molecule has 1 N–H and O–H groups in total. The van der Waals surface area contributed by atoms with Crippen LogP contribution in [0.2, 0.25) is 0 Å². The molecule has 2 rings (SSSR count). The lowest BCUT2D eigenvalue weighted by molar-refractivity contribution is -0.147. The van der Waals surface area contributed by atoms with Gasteiger partial charge in [-0.1, -0.05) is 18.2 Å². The normalized spacial score (nSPS) is 12.0. The number of hydrogen-bond acceptors (Lipinski definition) is 3. The van der Waals surface area contributed by atoms with Crippen molar-refractivity contribution in [1.82, 2.24) is 14.7 Å². The van der Waals surface area contributed by atoms with Crippen LogP contribution in [-0.4, -0.2) is 45.7 Å². The molecule has 0 atom stereocenters. The Bertz CT molecular complexity index is 569. The quantitative estimate of drug-likeness (QED) is 0.854. The molecule has 0 saturated carbocycles. The van der Waals surface area contributed by atoms with Gasteiger partial charge < -0.3 is 5.11 Å². The average molecular weight is 313 g/mol. The molecule has 0 fully saturated rings. The molecule has 120 valence electrons. The summed E-state index contributed by atoms with van der Waals surface area (Å²) < 4.78 is 39.4. The summed E-state index contributed by atoms with van der Waals surface area (Å²) >= 11 is 0. The van der Waals surface area contributed by atoms with Crippen molar-refractivity contribution in [2.24, 2.45) is 0 Å². The summed E-state index contributed by atoms with van der Waals surface area (Å²) in [6.45, 7) is -0.792. The van der Waals surface area contributed by atoms with Gasteiger partial charge in [-0.2, -0.15) is 18.3 Å². The summed E-state index contributed by atoms with van der Waals surface area (Å²) in [7, 11) is 0. The standard InChI is InChI=1S/C15H18F3N3O/c16-15(17,18)12-20(7-4-8-22)10-13-9-19-21(11-13)14-5-2-1-3-6-14/h1-3,5-6,9,11,22H,4,7-8,10,12H2. The molecule has 7 heteroatoms. The molecule has 2 aromatic rings. The van der Waals surface area contributed by atoms with Gasteiger partial charge in [0, 0.05) is 31.5 Å². The van der Waals surface area contributed by atoms with Crippen molar-refractivity contribution in [2.45, 2.75) is 19.1 Å². The number of aliphatic hydroxyl groups excluding tert-OH is 1. The Hall–Kier alpha value is -1.86. The molecule has 0 aliphatic rings. The zero-order valence-electron chi connectivity index (χ0n) is 12.0. The van der Waals surface area contributed by atoms with Crippen molar-refractivity contribution in [2.75, 3.05) is 19.7 Å². The van der Waals surface area contributed by atoms with E-state index in [1.807, 2.05) is 30.3 Å². The Kier molecular flexibility index (Phi) is 5.57. The van der Waals surface area contributed by atoms with Gasteiger partial charge in [0.15, 0.2) is 0 Å². The summed E-state index contributed by atoms with van der Waals surface area (Å²) in [5.41, 5.74) is 1.55. The van der Waals surface area contributed by atoms with Crippen LogP contribution in [0.1, 0.15) is 12.0 Å². The summed E-state index contributed by atoms with van der Waals surface area (Å²) in [6, 6.07) is 9.36. The number of alkyl halides is 3. The van der Waals surface area contributed by atoms with Gasteiger partial charge in [-0.05, 0) is 18.6 Å². The van der Waals surface area contributed by atoms with Gasteiger partial charge in [0.1, 0.15) is 0 Å². The van der Waals surface area contributed by atoms with Crippen LogP contribution in [0, 0.1) is 0 Å². The van der Waals surface area contributed by atoms with E-state index >= 15 is 0 Å². The van der Waals surface area contributed by atoms with Crippen LogP contribution in [0.15, 0.2) is 42.7 Å². The third kappa shape index (κ3) is 5.16. The fraction of sp³-hybridized carbons (Fsp3) is 0.400. The van der Waals surface area contributed by atoms with Gasteiger partial charge in [-0.3, -0.25) is 4.90 Å². The Morgan fingerprint density at radius 2 is 1.91 bits per heavy atom. The molecule has 22 heavy (non-hydrogen) atoms. The first-order valence-corrected chi connectivity index (χ1v) is 6.97. The molecule has 1 aromatic carbocycles. The van der Waals surface area contributed by atoms with Crippen molar-refractivity contribution in [3.8, 4) is 5.69 Å². The van der Waals surface area contributed by atoms with E-state index < -0.39 is 12.7 Å². The molecule has 0 aliphatic carbocycles. The van der Waals surface area contributed by atoms with E-state index in [0.29, 0.717) is 12.0 Å². The summed E-state index contributed by atoms with van der Waals surface area (Å²) in [5.74, 6) is 0. The average Bonchev–Trinajstić information content (AvgIpc) is 2.93. The van der Waals surface area contributed by atoms with Crippen LogP contribution in [-0.2, 0) is 6.54 Å². The number of hydrogen-bond donors (Lipinski definition) is 1. The Morgan fingerprint density at radius 1 is 1.18 bits per heavy atom. The van der Waals surface area contributed by atoms with E-state index in [2.05, 4.69) is 5.10 Å². The van der Waals surface area contributed by atoms with E-state index in [9.17, 15) is 13.2 Å². The fourth-order valence-electron chi connectivity index (χ4n) is 2.18. The summed E-state index contributed by atoms with van der Waals surface area (Å²) in [4.78, 5) is 1.27. The summed E-state index contributed by atoms with van der Waals surface area (Å²) in [5, 5.41) is 13.0. The van der Waals surface area contributed by atoms with Crippen molar-refractivity contribution in [3.05, 3.63) is 48.3 Å². The van der Waals surface area contributed by atoms with Gasteiger partial charge in [0.2, 0.25) is 0 Å². The highest BCUT2D eigenvalue weighted by Crippen LogP contribution is 2.18. The number of para-hydroxylation sites is 1. The monoisotopic (exact) mass is 313 g/mol. The van der Waals surface area contributed by atoms with Gasteiger partial charge in [0.05, 0.1) is 18.4 Å². The molecular formula is C15H18F3N3O. The minimum Gasteiger partial charge on any atom is -0.396 e. The molecule has 1 heterocycles. The van der Waals surface area contributed by atoms with Crippen molar-refractivity contribution >= 4 is 0 Å². The van der Waals surface area contributed by atoms with Crippen LogP contribution in [0.3, 0.4) is 0 Å². The molecule has 0 saturated heterocycles. The lowest BCUT2D eigenvalue weighted by Crippen LogP contribution is -2.34. The SMILES string of the molecule is OCCCN(Cc1cnn(-c2ccccc2)c1)CC(F)(F)F. The molecule has 0 aliphatic heterocycles. The number of halogens is 3. The second-order valence-electron chi connectivity index (χ2n) is 5.03. The second kappa shape index (κ2) is 7.42. The Morgan fingerprint density at radius 3 is 2.55 bits per heavy atom. The number of rotatable bonds is 7. The van der Waals surface area contributed by atoms with E-state index in [1.54, 1.807) is 17.1 Å². The van der Waals surface area contributed by atoms with E-state index in [4.69, 9.17) is 5.11 Å². The van der Waals surface area contributed by atoms with E-state index in [-0.39, 0.29) is 19.7 Å². The van der Waals surface area contributed by atoms with Crippen molar-refractivity contribution in [3.63, 3.8) is 0 Å². The molecule has 4 nitrogen and oxygen atoms in total. The number of benzene rings is 1. The van der Waals surface area contributed by atoms with Crippen LogP contribution in [0.4, 0.5) is 13.2 Å². The molecule has 0 unspecified atom stereocenters. The van der Waals surface area contributed by atoms with Gasteiger partial charge in [-0.15, -0.1) is 0 Å². The highest BCUT2D eigenvalue weighted by atomic mass is 19.4. The molecule has 0 spiro atoms. The number of nitrogens with zero attached hydrogens (tertiary/aromatic N) is 3. The first kappa shape index (κ1) is 16.5. The second-order valence-corrected chi connectivity index (χ2v) is 5.03. The van der Waals surface area contributed by atoms with Gasteiger partial charge >= 0.3 is 6.18 Å². The lowest BCUT2D eigenvalue weighted by Gasteiger charge is -2.22. The maximum Gasteiger partial charge on any atom is 0.401 e. The van der Waals surface area contributed by atoms with Gasteiger partial charge in [-0.25, -0.2) is 4.68 Å². The molecular weight excluding hydrogens is 295 g/mol. The smallest absolute Gasteiger partial charge is 0.396 e. The fourth-order valence-corrected chi connectivity index (χ4v) is 2.18. The zero-order valence-corrected chi connectivity index (χ0v) is 12.0. The number of aliphatic hydroxyl groups is 1. The van der Waals surface area contributed by atoms with E-state index in [1.165, 1.54) is 4.90 Å². The van der Waals surface area contributed by atoms with Crippen LogP contribution >= 0.6 is 0 Å². The maximum absolute atomic E-state index is 12.6. The predicted octanol–water partition coefficient (Wildman–Crippen LogP) is 2.62. The van der Waals surface area contributed by atoms with Crippen LogP contribution < -0.4 is 0 Å². The zero-order chi connectivity index (χ0) is 16.0. The van der Waals surface area contributed by atoms with Crippen molar-refractivity contribution in [1.29, 1.82) is 0 Å². The molecule has 0 radical (unpaired) electrons. The summed E-state index contributed by atoms with van der Waals surface area (Å²) in [6.07, 6.45) is -0.666. The number of aromatic nitrogens is 2. The Labute approximate surface area is 126 Å². The molecule has 0 bridgehead atoms. The molecule has 1 aromatic heterocycles. The largest absolute Gasteiger partial charge is 0.401 e. The van der Waals surface area contributed by atoms with Crippen molar-refractivity contribution < 1.29 is 18.3 Å². The third-order valence-corrected chi connectivity index (χ3v) is 3.10. The first-order valence-electron chi connectivity index (χ1n) is 6.97. The predicted molar refractivity (Wildman–Crippen MR) is 76.6 cm³/mol. The van der Waals surface area contributed by atoms with E-state index in [0.717, 1.165) is 5.69 Å². The highest BCUT2D eigenvalue weighted by Gasteiger charge is 2.30. The van der Waals surface area contributed by atoms with Crippen LogP contribution in [0.5, 0.6) is 0 Å². The lowest BCUT2D eigenvalue weighted by atomic mass is 10.3. The first-order chi connectivity index (χ1) is 10.5.